The maximum atomic E-state index is 3.51. The summed E-state index contributed by atoms with van der Waals surface area (Å²) in [4.78, 5) is 0. The number of allylic oxidation sites excluding steroid dienone is 7. The monoisotopic (exact) mass is 164 g/mol. The first kappa shape index (κ1) is 13.5. The summed E-state index contributed by atoms with van der Waals surface area (Å²) in [6, 6.07) is 0. The lowest BCUT2D eigenvalue weighted by Crippen LogP contribution is -1.46. The van der Waals surface area contributed by atoms with Gasteiger partial charge in [0.15, 0.2) is 0 Å². The zero-order valence-corrected chi connectivity index (χ0v) is 8.46. The van der Waals surface area contributed by atoms with Gasteiger partial charge in [0.2, 0.25) is 0 Å². The predicted octanol–water partition coefficient (Wildman–Crippen LogP) is 4.28. The van der Waals surface area contributed by atoms with Crippen LogP contribution in [-0.2, 0) is 0 Å². The topological polar surface area (TPSA) is 0 Å². The summed E-state index contributed by atoms with van der Waals surface area (Å²) < 4.78 is 0. The van der Waals surface area contributed by atoms with E-state index >= 15 is 0 Å². The molecule has 0 fully saturated rings. The van der Waals surface area contributed by atoms with Gasteiger partial charge in [0, 0.05) is 0 Å². The number of rotatable bonds is 3. The summed E-state index contributed by atoms with van der Waals surface area (Å²) in [5.41, 5.74) is 0. The Kier molecular flexibility index (Phi) is 18.6. The first-order valence-electron chi connectivity index (χ1n) is 4.34. The molecule has 0 radical (unpaired) electrons. The van der Waals surface area contributed by atoms with Crippen molar-refractivity contribution in [3.63, 3.8) is 0 Å². The summed E-state index contributed by atoms with van der Waals surface area (Å²) in [5.74, 6) is 0. The normalized spacial score (nSPS) is 10.6. The third-order valence-electron chi connectivity index (χ3n) is 1.00. The van der Waals surface area contributed by atoms with Crippen molar-refractivity contribution in [3.8, 4) is 0 Å². The maximum Gasteiger partial charge on any atom is -0.0376 e. The lowest BCUT2D eigenvalue weighted by Gasteiger charge is -1.67. The van der Waals surface area contributed by atoms with Crippen LogP contribution in [0.2, 0.25) is 0 Å². The van der Waals surface area contributed by atoms with Crippen molar-refractivity contribution in [2.45, 2.75) is 27.2 Å². The van der Waals surface area contributed by atoms with Gasteiger partial charge in [-0.2, -0.15) is 0 Å². The Morgan fingerprint density at radius 3 is 1.67 bits per heavy atom. The molecule has 0 nitrogen and oxygen atoms in total. The Labute approximate surface area is 77.0 Å². The van der Waals surface area contributed by atoms with Crippen molar-refractivity contribution >= 4 is 0 Å². The molecule has 0 rings (SSSR count). The van der Waals surface area contributed by atoms with E-state index < -0.39 is 0 Å². The third-order valence-corrected chi connectivity index (χ3v) is 1.00. The molecule has 0 N–H and O–H groups in total. The Bertz CT molecular complexity index is 137. The van der Waals surface area contributed by atoms with Crippen LogP contribution in [0.1, 0.15) is 27.2 Å². The van der Waals surface area contributed by atoms with Gasteiger partial charge in [0.05, 0.1) is 0 Å². The van der Waals surface area contributed by atoms with Crippen LogP contribution < -0.4 is 0 Å². The van der Waals surface area contributed by atoms with Crippen LogP contribution >= 0.6 is 0 Å². The summed E-state index contributed by atoms with van der Waals surface area (Å²) in [5, 5.41) is 0. The fourth-order valence-corrected chi connectivity index (χ4v) is 0.455. The van der Waals surface area contributed by atoms with Gasteiger partial charge < -0.3 is 0 Å². The van der Waals surface area contributed by atoms with E-state index in [0.717, 1.165) is 6.42 Å². The van der Waals surface area contributed by atoms with Gasteiger partial charge in [-0.25, -0.2) is 0 Å². The minimum atomic E-state index is 1.10. The lowest BCUT2D eigenvalue weighted by atomic mass is 10.4. The fourth-order valence-electron chi connectivity index (χ4n) is 0.455. The van der Waals surface area contributed by atoms with Crippen molar-refractivity contribution in [1.82, 2.24) is 0 Å². The molecule has 0 heterocycles. The molecule has 0 aromatic carbocycles. The zero-order chi connectivity index (χ0) is 9.66. The van der Waals surface area contributed by atoms with E-state index in [1.165, 1.54) is 0 Å². The Hall–Kier alpha value is -1.04. The number of hydrogen-bond donors (Lipinski definition) is 0. The minimum absolute atomic E-state index is 1.10. The molecule has 0 aliphatic rings. The van der Waals surface area contributed by atoms with Gasteiger partial charge >= 0.3 is 0 Å². The summed E-state index contributed by atoms with van der Waals surface area (Å²) >= 11 is 0. The molecule has 0 aromatic heterocycles. The summed E-state index contributed by atoms with van der Waals surface area (Å²) in [6.07, 6.45) is 14.9. The molecule has 0 spiro atoms. The van der Waals surface area contributed by atoms with Crippen LogP contribution in [0.3, 0.4) is 0 Å². The Balaban J connectivity index is 0. The molecule has 0 aliphatic heterocycles. The molecule has 12 heavy (non-hydrogen) atoms. The average molecular weight is 164 g/mol. The van der Waals surface area contributed by atoms with Gasteiger partial charge in [-0.05, 0) is 20.3 Å². The smallest absolute Gasteiger partial charge is 0.0376 e. The number of hydrogen-bond acceptors (Lipinski definition) is 0. The van der Waals surface area contributed by atoms with E-state index in [1.807, 2.05) is 44.2 Å². The highest BCUT2D eigenvalue weighted by atomic mass is 13.6. The molecule has 0 saturated carbocycles. The molecule has 0 saturated heterocycles. The largest absolute Gasteiger partial charge is 0.0991 e. The SMILES string of the molecule is C/C=C/C=C/C.C=C/C=C/CC. The predicted molar refractivity (Wildman–Crippen MR) is 59.3 cm³/mol. The Morgan fingerprint density at radius 2 is 1.50 bits per heavy atom. The highest BCUT2D eigenvalue weighted by molar-refractivity contribution is 4.99. The maximum absolute atomic E-state index is 3.51. The van der Waals surface area contributed by atoms with E-state index in [2.05, 4.69) is 19.6 Å². The van der Waals surface area contributed by atoms with E-state index in [9.17, 15) is 0 Å². The second-order valence-electron chi connectivity index (χ2n) is 2.12. The molecule has 0 unspecified atom stereocenters. The molecular weight excluding hydrogens is 144 g/mol. The van der Waals surface area contributed by atoms with Gasteiger partial charge in [0.1, 0.15) is 0 Å². The van der Waals surface area contributed by atoms with E-state index in [4.69, 9.17) is 0 Å². The van der Waals surface area contributed by atoms with Gasteiger partial charge in [-0.15, -0.1) is 0 Å². The van der Waals surface area contributed by atoms with Crippen LogP contribution in [0.25, 0.3) is 0 Å². The lowest BCUT2D eigenvalue weighted by molar-refractivity contribution is 1.22. The van der Waals surface area contributed by atoms with Crippen molar-refractivity contribution in [3.05, 3.63) is 49.1 Å². The van der Waals surface area contributed by atoms with Crippen molar-refractivity contribution in [2.24, 2.45) is 0 Å². The Morgan fingerprint density at radius 1 is 1.00 bits per heavy atom. The van der Waals surface area contributed by atoms with Crippen molar-refractivity contribution in [2.75, 3.05) is 0 Å². The van der Waals surface area contributed by atoms with Crippen molar-refractivity contribution in [1.29, 1.82) is 0 Å². The van der Waals surface area contributed by atoms with E-state index in [1.54, 1.807) is 6.08 Å². The van der Waals surface area contributed by atoms with Gasteiger partial charge in [-0.3, -0.25) is 0 Å². The summed E-state index contributed by atoms with van der Waals surface area (Å²) in [6.45, 7) is 9.61. The standard InChI is InChI=1S/2C6H10/c2*1-3-5-6-4-2/h3-6H,1-2H3;3,5-6H,1,4H2,2H3/b5-3+,6-4+;6-5+. The highest BCUT2D eigenvalue weighted by Gasteiger charge is 1.55. The summed E-state index contributed by atoms with van der Waals surface area (Å²) in [7, 11) is 0. The van der Waals surface area contributed by atoms with Crippen LogP contribution in [-0.4, -0.2) is 0 Å². The zero-order valence-electron chi connectivity index (χ0n) is 8.46. The molecule has 0 amide bonds. The second kappa shape index (κ2) is 16.5. The van der Waals surface area contributed by atoms with Gasteiger partial charge in [-0.1, -0.05) is 56.0 Å². The van der Waals surface area contributed by atoms with Crippen molar-refractivity contribution < 1.29 is 0 Å². The van der Waals surface area contributed by atoms with Crippen LogP contribution in [0.15, 0.2) is 49.1 Å². The molecule has 0 aromatic rings. The molecule has 0 heteroatoms. The molecular formula is C12H20. The quantitative estimate of drug-likeness (QED) is 0.546. The van der Waals surface area contributed by atoms with Crippen LogP contribution in [0, 0.1) is 0 Å². The third kappa shape index (κ3) is 23.1. The average Bonchev–Trinajstić information content (AvgIpc) is 2.12. The second-order valence-corrected chi connectivity index (χ2v) is 2.12. The van der Waals surface area contributed by atoms with E-state index in [-0.39, 0.29) is 0 Å². The van der Waals surface area contributed by atoms with Crippen LogP contribution in [0.4, 0.5) is 0 Å². The minimum Gasteiger partial charge on any atom is -0.0991 e. The molecule has 0 aliphatic carbocycles. The fraction of sp³-hybridized carbons (Fsp3) is 0.333. The highest BCUT2D eigenvalue weighted by Crippen LogP contribution is 1.76. The first-order valence-corrected chi connectivity index (χ1v) is 4.34. The molecule has 0 bridgehead atoms. The first-order chi connectivity index (χ1) is 5.83. The molecule has 0 atom stereocenters. The molecule has 68 valence electrons. The van der Waals surface area contributed by atoms with Gasteiger partial charge in [0.25, 0.3) is 0 Å². The van der Waals surface area contributed by atoms with Crippen LogP contribution in [0.5, 0.6) is 0 Å². The van der Waals surface area contributed by atoms with E-state index in [0.29, 0.717) is 0 Å².